The molecule has 2 aromatic carbocycles. The van der Waals surface area contributed by atoms with Gasteiger partial charge in [-0.1, -0.05) is 12.1 Å². The Morgan fingerprint density at radius 3 is 2.70 bits per heavy atom. The van der Waals surface area contributed by atoms with Gasteiger partial charge in [-0.05, 0) is 51.7 Å². The van der Waals surface area contributed by atoms with Gasteiger partial charge in [-0.2, -0.15) is 0 Å². The Kier molecular flexibility index (Phi) is 5.08. The Labute approximate surface area is 144 Å². The molecule has 2 N–H and O–H groups in total. The van der Waals surface area contributed by atoms with Crippen LogP contribution in [0.25, 0.3) is 0 Å². The third kappa shape index (κ3) is 3.98. The Morgan fingerprint density at radius 1 is 1.26 bits per heavy atom. The van der Waals surface area contributed by atoms with Gasteiger partial charge in [0.05, 0.1) is 24.8 Å². The molecule has 0 aromatic heterocycles. The van der Waals surface area contributed by atoms with Gasteiger partial charge in [0.15, 0.2) is 0 Å². The van der Waals surface area contributed by atoms with E-state index in [4.69, 9.17) is 19.9 Å². The Bertz CT molecular complexity index is 667. The van der Waals surface area contributed by atoms with Crippen LogP contribution >= 0.6 is 15.9 Å². The largest absolute Gasteiger partial charge is 0.497 e. The first-order chi connectivity index (χ1) is 11.2. The number of methoxy groups -OCH3 is 1. The van der Waals surface area contributed by atoms with E-state index in [1.807, 2.05) is 36.4 Å². The van der Waals surface area contributed by atoms with Crippen molar-refractivity contribution in [3.8, 4) is 11.5 Å². The molecule has 1 aliphatic heterocycles. The van der Waals surface area contributed by atoms with Gasteiger partial charge in [-0.15, -0.1) is 0 Å². The average Bonchev–Trinajstić information content (AvgIpc) is 3.06. The van der Waals surface area contributed by atoms with E-state index in [1.165, 1.54) is 5.56 Å². The quantitative estimate of drug-likeness (QED) is 0.805. The van der Waals surface area contributed by atoms with Gasteiger partial charge in [0.2, 0.25) is 0 Å². The summed E-state index contributed by atoms with van der Waals surface area (Å²) in [5.74, 6) is 1.63. The van der Waals surface area contributed by atoms with Crippen molar-refractivity contribution in [1.29, 1.82) is 0 Å². The van der Waals surface area contributed by atoms with Gasteiger partial charge in [0.25, 0.3) is 0 Å². The number of anilines is 1. The molecule has 122 valence electrons. The van der Waals surface area contributed by atoms with Crippen LogP contribution in [-0.4, -0.2) is 26.4 Å². The number of rotatable bonds is 5. The van der Waals surface area contributed by atoms with Crippen LogP contribution in [0.5, 0.6) is 11.5 Å². The predicted octanol–water partition coefficient (Wildman–Crippen LogP) is 3.80. The lowest BCUT2D eigenvalue weighted by Gasteiger charge is -2.16. The molecule has 0 bridgehead atoms. The summed E-state index contributed by atoms with van der Waals surface area (Å²) in [6.07, 6.45) is 1.79. The van der Waals surface area contributed by atoms with Gasteiger partial charge in [0, 0.05) is 18.2 Å². The van der Waals surface area contributed by atoms with Crippen molar-refractivity contribution < 1.29 is 14.2 Å². The van der Waals surface area contributed by atoms with Crippen LogP contribution in [0.4, 0.5) is 5.69 Å². The maximum atomic E-state index is 6.21. The molecule has 1 heterocycles. The minimum atomic E-state index is 0.109. The summed E-state index contributed by atoms with van der Waals surface area (Å²) < 4.78 is 17.4. The Hall–Kier alpha value is -1.72. The first-order valence-corrected chi connectivity index (χ1v) is 8.40. The van der Waals surface area contributed by atoms with Gasteiger partial charge < -0.3 is 19.9 Å². The second kappa shape index (κ2) is 7.23. The fraction of sp³-hybridized carbons (Fsp3) is 0.333. The molecule has 0 unspecified atom stereocenters. The molecule has 0 spiro atoms. The maximum absolute atomic E-state index is 6.21. The number of nitrogen functional groups attached to an aromatic ring is 1. The van der Waals surface area contributed by atoms with Crippen LogP contribution < -0.4 is 15.2 Å². The van der Waals surface area contributed by atoms with E-state index < -0.39 is 0 Å². The van der Waals surface area contributed by atoms with Gasteiger partial charge >= 0.3 is 0 Å². The van der Waals surface area contributed by atoms with Crippen molar-refractivity contribution in [3.05, 3.63) is 52.0 Å². The van der Waals surface area contributed by atoms with Gasteiger partial charge in [0.1, 0.15) is 17.6 Å². The summed E-state index contributed by atoms with van der Waals surface area (Å²) in [5.41, 5.74) is 9.20. The molecule has 0 saturated carbocycles. The summed E-state index contributed by atoms with van der Waals surface area (Å²) in [7, 11) is 1.66. The highest BCUT2D eigenvalue weighted by atomic mass is 79.9. The summed E-state index contributed by atoms with van der Waals surface area (Å²) in [5, 5.41) is 0. The van der Waals surface area contributed by atoms with E-state index in [-0.39, 0.29) is 6.10 Å². The lowest BCUT2D eigenvalue weighted by molar-refractivity contribution is 0.141. The SMILES string of the molecule is COc1ccc(Cc2cc(Br)c(O[C@H]3CCOC3)cc2N)cc1. The standard InChI is InChI=1S/C18H20BrNO3/c1-21-14-4-2-12(3-5-14)8-13-9-16(19)18(10-17(13)20)23-15-6-7-22-11-15/h2-5,9-10,15H,6-8,11,20H2,1H3/t15-/m0/s1. The Morgan fingerprint density at radius 2 is 2.04 bits per heavy atom. The summed E-state index contributed by atoms with van der Waals surface area (Å²) >= 11 is 3.58. The van der Waals surface area contributed by atoms with Crippen LogP contribution in [0.3, 0.4) is 0 Å². The van der Waals surface area contributed by atoms with Crippen molar-refractivity contribution in [2.24, 2.45) is 0 Å². The molecule has 5 heteroatoms. The van der Waals surface area contributed by atoms with E-state index in [9.17, 15) is 0 Å². The molecular weight excluding hydrogens is 358 g/mol. The third-order valence-corrected chi connectivity index (χ3v) is 4.55. The van der Waals surface area contributed by atoms with Crippen LogP contribution in [0.1, 0.15) is 17.5 Å². The first kappa shape index (κ1) is 16.1. The summed E-state index contributed by atoms with van der Waals surface area (Å²) in [6.45, 7) is 1.40. The second-order valence-electron chi connectivity index (χ2n) is 5.61. The van der Waals surface area contributed by atoms with Crippen molar-refractivity contribution in [1.82, 2.24) is 0 Å². The summed E-state index contributed by atoms with van der Waals surface area (Å²) in [4.78, 5) is 0. The van der Waals surface area contributed by atoms with Crippen molar-refractivity contribution in [2.75, 3.05) is 26.1 Å². The zero-order valence-electron chi connectivity index (χ0n) is 13.0. The fourth-order valence-electron chi connectivity index (χ4n) is 2.60. The molecule has 0 radical (unpaired) electrons. The number of nitrogens with two attached hydrogens (primary N) is 1. The topological polar surface area (TPSA) is 53.7 Å². The zero-order valence-corrected chi connectivity index (χ0v) is 14.6. The highest BCUT2D eigenvalue weighted by Crippen LogP contribution is 2.33. The van der Waals surface area contributed by atoms with E-state index in [1.54, 1.807) is 7.11 Å². The minimum absolute atomic E-state index is 0.109. The first-order valence-electron chi connectivity index (χ1n) is 7.61. The van der Waals surface area contributed by atoms with Crippen LogP contribution in [-0.2, 0) is 11.2 Å². The van der Waals surface area contributed by atoms with E-state index in [0.717, 1.165) is 46.7 Å². The molecule has 2 aromatic rings. The number of benzene rings is 2. The molecular formula is C18H20BrNO3. The molecule has 1 fully saturated rings. The second-order valence-corrected chi connectivity index (χ2v) is 6.46. The number of hydrogen-bond acceptors (Lipinski definition) is 4. The van der Waals surface area contributed by atoms with Gasteiger partial charge in [-0.25, -0.2) is 0 Å². The molecule has 0 amide bonds. The number of hydrogen-bond donors (Lipinski definition) is 1. The molecule has 3 rings (SSSR count). The molecule has 23 heavy (non-hydrogen) atoms. The third-order valence-electron chi connectivity index (χ3n) is 3.93. The fourth-order valence-corrected chi connectivity index (χ4v) is 3.09. The molecule has 0 aliphatic carbocycles. The van der Waals surface area contributed by atoms with Crippen molar-refractivity contribution in [2.45, 2.75) is 18.9 Å². The highest BCUT2D eigenvalue weighted by Gasteiger charge is 2.19. The lowest BCUT2D eigenvalue weighted by Crippen LogP contribution is -2.16. The monoisotopic (exact) mass is 377 g/mol. The van der Waals surface area contributed by atoms with Crippen LogP contribution in [0.15, 0.2) is 40.9 Å². The van der Waals surface area contributed by atoms with E-state index >= 15 is 0 Å². The molecule has 4 nitrogen and oxygen atoms in total. The zero-order chi connectivity index (χ0) is 16.2. The molecule has 1 aliphatic rings. The average molecular weight is 378 g/mol. The lowest BCUT2D eigenvalue weighted by atomic mass is 10.0. The number of ether oxygens (including phenoxy) is 3. The van der Waals surface area contributed by atoms with Crippen molar-refractivity contribution >= 4 is 21.6 Å². The smallest absolute Gasteiger partial charge is 0.136 e. The summed E-state index contributed by atoms with van der Waals surface area (Å²) in [6, 6.07) is 11.9. The van der Waals surface area contributed by atoms with Crippen molar-refractivity contribution in [3.63, 3.8) is 0 Å². The molecule has 1 saturated heterocycles. The normalized spacial score (nSPS) is 17.2. The minimum Gasteiger partial charge on any atom is -0.497 e. The predicted molar refractivity (Wildman–Crippen MR) is 94.2 cm³/mol. The van der Waals surface area contributed by atoms with Gasteiger partial charge in [-0.3, -0.25) is 0 Å². The Balaban J connectivity index is 1.75. The van der Waals surface area contributed by atoms with Crippen LogP contribution in [0.2, 0.25) is 0 Å². The number of halogens is 1. The van der Waals surface area contributed by atoms with E-state index in [0.29, 0.717) is 6.61 Å². The maximum Gasteiger partial charge on any atom is 0.136 e. The van der Waals surface area contributed by atoms with Crippen LogP contribution in [0, 0.1) is 0 Å². The van der Waals surface area contributed by atoms with E-state index in [2.05, 4.69) is 15.9 Å². The molecule has 1 atom stereocenters. The highest BCUT2D eigenvalue weighted by molar-refractivity contribution is 9.10.